The Morgan fingerprint density at radius 2 is 1.37 bits per heavy atom. The van der Waals surface area contributed by atoms with Crippen molar-refractivity contribution in [2.24, 2.45) is 0 Å². The van der Waals surface area contributed by atoms with Gasteiger partial charge in [-0.05, 0) is 37.7 Å². The summed E-state index contributed by atoms with van der Waals surface area (Å²) in [6.07, 6.45) is 20.5. The van der Waals surface area contributed by atoms with Crippen LogP contribution in [0.3, 0.4) is 0 Å². The number of allylic oxidation sites excluding steroid dienone is 2. The van der Waals surface area contributed by atoms with E-state index in [-0.39, 0.29) is 33.6 Å². The summed E-state index contributed by atoms with van der Waals surface area (Å²) in [6.45, 7) is 2.26. The molecular formula is C24H38HgO2. The molecule has 0 saturated heterocycles. The molecule has 1 N–H and O–H groups in total. The van der Waals surface area contributed by atoms with E-state index in [2.05, 4.69) is 19.1 Å². The van der Waals surface area contributed by atoms with Crippen LogP contribution in [0, 0.1) is 0 Å². The largest absolute Gasteiger partial charge is 0.481 e. The van der Waals surface area contributed by atoms with Crippen LogP contribution in [0.4, 0.5) is 0 Å². The van der Waals surface area contributed by atoms with E-state index >= 15 is 0 Å². The Hall–Kier alpha value is -0.635. The maximum Gasteiger partial charge on any atom is 0.310 e. The van der Waals surface area contributed by atoms with Gasteiger partial charge in [-0.2, -0.15) is 0 Å². The summed E-state index contributed by atoms with van der Waals surface area (Å²) in [6, 6.07) is 9.62. The molecule has 0 radical (unpaired) electrons. The van der Waals surface area contributed by atoms with Gasteiger partial charge in [0.1, 0.15) is 0 Å². The van der Waals surface area contributed by atoms with Gasteiger partial charge in [0.05, 0.1) is 5.92 Å². The van der Waals surface area contributed by atoms with Gasteiger partial charge < -0.3 is 5.11 Å². The van der Waals surface area contributed by atoms with E-state index in [0.717, 1.165) is 31.2 Å². The second kappa shape index (κ2) is 18.7. The summed E-state index contributed by atoms with van der Waals surface area (Å²) in [5, 5.41) is 9.42. The summed E-state index contributed by atoms with van der Waals surface area (Å²) < 4.78 is 0. The summed E-state index contributed by atoms with van der Waals surface area (Å²) in [5.74, 6) is -1.05. The summed E-state index contributed by atoms with van der Waals surface area (Å²) >= 11 is 0. The van der Waals surface area contributed by atoms with Gasteiger partial charge in [0.2, 0.25) is 0 Å². The van der Waals surface area contributed by atoms with Gasteiger partial charge in [-0.3, -0.25) is 4.79 Å². The predicted molar refractivity (Wildman–Crippen MR) is 112 cm³/mol. The van der Waals surface area contributed by atoms with E-state index in [0.29, 0.717) is 0 Å². The normalized spacial score (nSPS) is 12.0. The monoisotopic (exact) mass is 560 g/mol. The fourth-order valence-electron chi connectivity index (χ4n) is 3.36. The van der Waals surface area contributed by atoms with E-state index in [1.807, 2.05) is 30.3 Å². The Morgan fingerprint density at radius 1 is 0.852 bits per heavy atom. The van der Waals surface area contributed by atoms with E-state index < -0.39 is 5.97 Å². The minimum absolute atomic E-state index is 0. The van der Waals surface area contributed by atoms with Crippen LogP contribution in [0.1, 0.15) is 102 Å². The number of aliphatic carboxylic acids is 1. The molecule has 1 unspecified atom stereocenters. The molecule has 3 heteroatoms. The Kier molecular flexibility index (Phi) is 18.3. The van der Waals surface area contributed by atoms with E-state index in [1.165, 1.54) is 57.8 Å². The third-order valence-corrected chi connectivity index (χ3v) is 5.00. The third-order valence-electron chi connectivity index (χ3n) is 5.00. The molecule has 27 heavy (non-hydrogen) atoms. The second-order valence-corrected chi connectivity index (χ2v) is 7.32. The molecule has 1 atom stereocenters. The van der Waals surface area contributed by atoms with Crippen LogP contribution in [0.5, 0.6) is 0 Å². The first-order valence-corrected chi connectivity index (χ1v) is 10.7. The van der Waals surface area contributed by atoms with Crippen molar-refractivity contribution in [1.29, 1.82) is 0 Å². The van der Waals surface area contributed by atoms with Crippen molar-refractivity contribution in [2.45, 2.75) is 96.3 Å². The van der Waals surface area contributed by atoms with Crippen molar-refractivity contribution in [3.05, 3.63) is 48.0 Å². The zero-order valence-electron chi connectivity index (χ0n) is 17.4. The fraction of sp³-hybridized carbons (Fsp3) is 0.625. The fourth-order valence-corrected chi connectivity index (χ4v) is 3.36. The second-order valence-electron chi connectivity index (χ2n) is 7.32. The summed E-state index contributed by atoms with van der Waals surface area (Å²) in [4.78, 5) is 11.5. The van der Waals surface area contributed by atoms with Gasteiger partial charge in [-0.1, -0.05) is 101 Å². The minimum atomic E-state index is -0.700. The number of carboxylic acids is 1. The zero-order chi connectivity index (χ0) is 18.9. The number of carbonyl (C=O) groups is 1. The predicted octanol–water partition coefficient (Wildman–Crippen LogP) is 7.50. The van der Waals surface area contributed by atoms with E-state index in [1.54, 1.807) is 0 Å². The van der Waals surface area contributed by atoms with E-state index in [9.17, 15) is 9.90 Å². The van der Waals surface area contributed by atoms with Gasteiger partial charge in [-0.15, -0.1) is 0 Å². The number of carboxylic acid groups (broad SMARTS) is 1. The minimum Gasteiger partial charge on any atom is -0.481 e. The number of hydrogen-bond donors (Lipinski definition) is 1. The van der Waals surface area contributed by atoms with Crippen LogP contribution in [0.2, 0.25) is 0 Å². The summed E-state index contributed by atoms with van der Waals surface area (Å²) in [5.41, 5.74) is 0.928. The van der Waals surface area contributed by atoms with Crippen LogP contribution in [-0.4, -0.2) is 11.1 Å². The molecule has 0 aliphatic rings. The van der Waals surface area contributed by atoms with Gasteiger partial charge in [0.15, 0.2) is 0 Å². The molecule has 0 heterocycles. The smallest absolute Gasteiger partial charge is 0.310 e. The maximum absolute atomic E-state index is 11.5. The van der Waals surface area contributed by atoms with Crippen LogP contribution in [-0.2, 0) is 32.5 Å². The topological polar surface area (TPSA) is 37.3 Å². The average Bonchev–Trinajstić information content (AvgIpc) is 2.65. The number of unbranched alkanes of at least 4 members (excludes halogenated alkanes) is 10. The van der Waals surface area contributed by atoms with Crippen LogP contribution in [0.25, 0.3) is 0 Å². The van der Waals surface area contributed by atoms with Crippen LogP contribution in [0.15, 0.2) is 42.5 Å². The number of rotatable bonds is 16. The molecule has 1 rings (SSSR count). The van der Waals surface area contributed by atoms with Crippen molar-refractivity contribution in [1.82, 2.24) is 0 Å². The van der Waals surface area contributed by atoms with Crippen molar-refractivity contribution in [3.8, 4) is 0 Å². The van der Waals surface area contributed by atoms with Crippen molar-refractivity contribution >= 4 is 5.97 Å². The molecule has 0 bridgehead atoms. The first-order chi connectivity index (χ1) is 12.8. The zero-order valence-corrected chi connectivity index (χ0v) is 22.9. The molecule has 1 aromatic carbocycles. The van der Waals surface area contributed by atoms with Gasteiger partial charge in [0.25, 0.3) is 0 Å². The van der Waals surface area contributed by atoms with Crippen molar-refractivity contribution in [3.63, 3.8) is 0 Å². The molecule has 0 fully saturated rings. The third kappa shape index (κ3) is 14.1. The molecule has 0 aromatic heterocycles. The molecule has 0 amide bonds. The SMILES string of the molecule is CCCCCCCCC=CCCCCCCC(C(=O)O)c1ccccc1.[Hg]. The standard InChI is InChI=1S/C24H38O2.Hg/c1-2-3-4-5-6-7-8-9-10-11-12-13-14-18-21-23(24(25)26)22-19-16-15-17-20-22;/h9-10,15-17,19-20,23H,2-8,11-14,18,21H2,1H3,(H,25,26);. The molecule has 0 aliphatic heterocycles. The number of hydrogen-bond acceptors (Lipinski definition) is 1. The Labute approximate surface area is 187 Å². The Bertz CT molecular complexity index is 484. The molecule has 0 aliphatic carbocycles. The molecule has 0 spiro atoms. The van der Waals surface area contributed by atoms with Gasteiger partial charge in [-0.25, -0.2) is 0 Å². The first-order valence-electron chi connectivity index (χ1n) is 10.7. The van der Waals surface area contributed by atoms with Crippen molar-refractivity contribution < 1.29 is 37.6 Å². The maximum atomic E-state index is 11.5. The van der Waals surface area contributed by atoms with Gasteiger partial charge >= 0.3 is 5.97 Å². The van der Waals surface area contributed by atoms with Crippen LogP contribution < -0.4 is 0 Å². The Balaban J connectivity index is 0.00000676. The molecule has 0 saturated carbocycles. The quantitative estimate of drug-likeness (QED) is 0.130. The van der Waals surface area contributed by atoms with Crippen molar-refractivity contribution in [2.75, 3.05) is 0 Å². The van der Waals surface area contributed by atoms with Gasteiger partial charge in [0, 0.05) is 27.7 Å². The molecule has 2 nitrogen and oxygen atoms in total. The number of benzene rings is 1. The molecule has 1 aromatic rings. The van der Waals surface area contributed by atoms with Crippen LogP contribution >= 0.6 is 0 Å². The first kappa shape index (κ1) is 26.4. The van der Waals surface area contributed by atoms with E-state index in [4.69, 9.17) is 0 Å². The molecule has 148 valence electrons. The molecular weight excluding hydrogens is 521 g/mol. The Morgan fingerprint density at radius 3 is 1.93 bits per heavy atom. The summed E-state index contributed by atoms with van der Waals surface area (Å²) in [7, 11) is 0. The average molecular weight is 559 g/mol.